The number of aromatic amines is 1. The van der Waals surface area contributed by atoms with Crippen LogP contribution in [0.4, 0.5) is 0 Å². The van der Waals surface area contributed by atoms with Gasteiger partial charge in [-0.2, -0.15) is 0 Å². The standard InChI is InChI=1S/C8H6N2O2/c11-5-6-4-9-8-3-7(12)1-2-10(6)8/h1-5,9H. The number of carbonyl (C=O) groups is 1. The topological polar surface area (TPSA) is 54.3 Å². The minimum atomic E-state index is -0.0747. The Morgan fingerprint density at radius 1 is 1.50 bits per heavy atom. The van der Waals surface area contributed by atoms with Gasteiger partial charge in [-0.1, -0.05) is 0 Å². The van der Waals surface area contributed by atoms with E-state index in [4.69, 9.17) is 0 Å². The SMILES string of the molecule is O=Cc1c[nH]c2cc(=O)ccn12. The molecule has 12 heavy (non-hydrogen) atoms. The second-order valence-electron chi connectivity index (χ2n) is 2.45. The van der Waals surface area contributed by atoms with Gasteiger partial charge in [-0.05, 0) is 0 Å². The zero-order valence-electron chi connectivity index (χ0n) is 6.15. The summed E-state index contributed by atoms with van der Waals surface area (Å²) in [6.07, 6.45) is 3.85. The molecule has 2 aromatic heterocycles. The molecule has 0 aromatic carbocycles. The summed E-state index contributed by atoms with van der Waals surface area (Å²) in [6, 6.07) is 2.85. The molecule has 0 aliphatic carbocycles. The van der Waals surface area contributed by atoms with Crippen LogP contribution >= 0.6 is 0 Å². The summed E-state index contributed by atoms with van der Waals surface area (Å²) in [4.78, 5) is 24.1. The molecule has 0 unspecified atom stereocenters. The minimum Gasteiger partial charge on any atom is -0.345 e. The number of fused-ring (bicyclic) bond motifs is 1. The van der Waals surface area contributed by atoms with Gasteiger partial charge in [-0.3, -0.25) is 14.0 Å². The maximum absolute atomic E-state index is 10.9. The summed E-state index contributed by atoms with van der Waals surface area (Å²) in [5.41, 5.74) is 1.06. The van der Waals surface area contributed by atoms with E-state index in [2.05, 4.69) is 4.98 Å². The Labute approximate surface area is 67.5 Å². The lowest BCUT2D eigenvalue weighted by Crippen LogP contribution is -1.99. The Balaban J connectivity index is 2.90. The molecule has 4 heteroatoms. The Morgan fingerprint density at radius 2 is 2.33 bits per heavy atom. The molecule has 0 bridgehead atoms. The van der Waals surface area contributed by atoms with Crippen LogP contribution in [0, 0.1) is 0 Å². The van der Waals surface area contributed by atoms with Crippen molar-refractivity contribution in [3.8, 4) is 0 Å². The van der Waals surface area contributed by atoms with Gasteiger partial charge in [-0.15, -0.1) is 0 Å². The molecule has 4 nitrogen and oxygen atoms in total. The van der Waals surface area contributed by atoms with Crippen molar-refractivity contribution < 1.29 is 4.79 Å². The Bertz CT molecular complexity index is 481. The lowest BCUT2D eigenvalue weighted by atomic mass is 10.4. The smallest absolute Gasteiger partial charge is 0.183 e. The van der Waals surface area contributed by atoms with Gasteiger partial charge in [0.25, 0.3) is 0 Å². The largest absolute Gasteiger partial charge is 0.345 e. The minimum absolute atomic E-state index is 0.0747. The van der Waals surface area contributed by atoms with E-state index in [1.807, 2.05) is 0 Å². The first-order chi connectivity index (χ1) is 5.81. The zero-order valence-corrected chi connectivity index (χ0v) is 6.15. The van der Waals surface area contributed by atoms with Crippen LogP contribution in [0.5, 0.6) is 0 Å². The van der Waals surface area contributed by atoms with Gasteiger partial charge in [-0.25, -0.2) is 0 Å². The van der Waals surface area contributed by atoms with Crippen molar-refractivity contribution in [3.63, 3.8) is 0 Å². The van der Waals surface area contributed by atoms with Crippen LogP contribution in [0.1, 0.15) is 10.5 Å². The number of carbonyl (C=O) groups excluding carboxylic acids is 1. The van der Waals surface area contributed by atoms with Crippen molar-refractivity contribution in [1.82, 2.24) is 9.38 Å². The first kappa shape index (κ1) is 6.84. The lowest BCUT2D eigenvalue weighted by Gasteiger charge is -1.91. The Kier molecular flexibility index (Phi) is 1.33. The third-order valence-electron chi connectivity index (χ3n) is 1.69. The Hall–Kier alpha value is -1.84. The third-order valence-corrected chi connectivity index (χ3v) is 1.69. The molecule has 0 saturated heterocycles. The van der Waals surface area contributed by atoms with Crippen molar-refractivity contribution in [3.05, 3.63) is 40.4 Å². The van der Waals surface area contributed by atoms with Crippen molar-refractivity contribution in [2.24, 2.45) is 0 Å². The van der Waals surface area contributed by atoms with Gasteiger partial charge < -0.3 is 4.98 Å². The highest BCUT2D eigenvalue weighted by atomic mass is 16.1. The molecule has 2 rings (SSSR count). The quantitative estimate of drug-likeness (QED) is 0.618. The molecule has 0 amide bonds. The van der Waals surface area contributed by atoms with Crippen molar-refractivity contribution in [1.29, 1.82) is 0 Å². The fourth-order valence-electron chi connectivity index (χ4n) is 1.13. The predicted octanol–water partition coefficient (Wildman–Crippen LogP) is 0.440. The number of aldehydes is 1. The molecule has 2 heterocycles. The van der Waals surface area contributed by atoms with Crippen LogP contribution in [0.15, 0.2) is 29.3 Å². The van der Waals surface area contributed by atoms with Crippen molar-refractivity contribution in [2.75, 3.05) is 0 Å². The molecular weight excluding hydrogens is 156 g/mol. The Morgan fingerprint density at radius 3 is 3.08 bits per heavy atom. The number of H-pyrrole nitrogens is 1. The van der Waals surface area contributed by atoms with Gasteiger partial charge in [0, 0.05) is 24.5 Å². The average Bonchev–Trinajstić information content (AvgIpc) is 2.46. The van der Waals surface area contributed by atoms with E-state index in [-0.39, 0.29) is 5.43 Å². The summed E-state index contributed by atoms with van der Waals surface area (Å²) in [5, 5.41) is 0. The van der Waals surface area contributed by atoms with E-state index in [1.165, 1.54) is 12.1 Å². The molecule has 0 radical (unpaired) electrons. The number of aromatic nitrogens is 2. The maximum atomic E-state index is 10.9. The number of pyridine rings is 1. The van der Waals surface area contributed by atoms with E-state index >= 15 is 0 Å². The van der Waals surface area contributed by atoms with Crippen molar-refractivity contribution in [2.45, 2.75) is 0 Å². The van der Waals surface area contributed by atoms with Crippen LogP contribution in [0.25, 0.3) is 5.65 Å². The van der Waals surface area contributed by atoms with E-state index < -0.39 is 0 Å². The molecule has 0 atom stereocenters. The number of nitrogens with one attached hydrogen (secondary N) is 1. The number of hydrogen-bond donors (Lipinski definition) is 1. The highest BCUT2D eigenvalue weighted by Gasteiger charge is 1.98. The van der Waals surface area contributed by atoms with Gasteiger partial charge in [0.1, 0.15) is 11.3 Å². The molecular formula is C8H6N2O2. The third kappa shape index (κ3) is 0.852. The molecule has 0 saturated carbocycles. The molecule has 0 aliphatic heterocycles. The molecule has 0 aliphatic rings. The lowest BCUT2D eigenvalue weighted by molar-refractivity contribution is 0.111. The molecule has 2 aromatic rings. The summed E-state index contributed by atoms with van der Waals surface area (Å²) in [5.74, 6) is 0. The first-order valence-electron chi connectivity index (χ1n) is 3.46. The molecule has 0 fully saturated rings. The van der Waals surface area contributed by atoms with Gasteiger partial charge >= 0.3 is 0 Å². The predicted molar refractivity (Wildman–Crippen MR) is 43.4 cm³/mol. The van der Waals surface area contributed by atoms with Crippen LogP contribution in [-0.4, -0.2) is 15.7 Å². The van der Waals surface area contributed by atoms with E-state index in [0.29, 0.717) is 11.3 Å². The zero-order chi connectivity index (χ0) is 8.55. The maximum Gasteiger partial charge on any atom is 0.183 e. The number of rotatable bonds is 1. The molecule has 1 N–H and O–H groups in total. The average molecular weight is 162 g/mol. The van der Waals surface area contributed by atoms with E-state index in [1.54, 1.807) is 16.8 Å². The van der Waals surface area contributed by atoms with E-state index in [9.17, 15) is 9.59 Å². The number of hydrogen-bond acceptors (Lipinski definition) is 2. The van der Waals surface area contributed by atoms with Crippen molar-refractivity contribution >= 4 is 11.9 Å². The van der Waals surface area contributed by atoms with Gasteiger partial charge in [0.2, 0.25) is 0 Å². The van der Waals surface area contributed by atoms with Crippen LogP contribution in [0.2, 0.25) is 0 Å². The fraction of sp³-hybridized carbons (Fsp3) is 0. The first-order valence-corrected chi connectivity index (χ1v) is 3.46. The second kappa shape index (κ2) is 2.34. The van der Waals surface area contributed by atoms with E-state index in [0.717, 1.165) is 6.29 Å². The highest BCUT2D eigenvalue weighted by molar-refractivity contribution is 5.73. The summed E-state index contributed by atoms with van der Waals surface area (Å²) < 4.78 is 1.62. The van der Waals surface area contributed by atoms with Crippen LogP contribution < -0.4 is 5.43 Å². The number of nitrogens with zero attached hydrogens (tertiary/aromatic N) is 1. The van der Waals surface area contributed by atoms with Gasteiger partial charge in [0.15, 0.2) is 11.7 Å². The monoisotopic (exact) mass is 162 g/mol. The molecule has 0 spiro atoms. The second-order valence-corrected chi connectivity index (χ2v) is 2.45. The van der Waals surface area contributed by atoms with Crippen LogP contribution in [0.3, 0.4) is 0 Å². The fourth-order valence-corrected chi connectivity index (χ4v) is 1.13. The summed E-state index contributed by atoms with van der Waals surface area (Å²) in [7, 11) is 0. The number of imidazole rings is 1. The summed E-state index contributed by atoms with van der Waals surface area (Å²) in [6.45, 7) is 0. The molecule has 60 valence electrons. The summed E-state index contributed by atoms with van der Waals surface area (Å²) >= 11 is 0. The highest BCUT2D eigenvalue weighted by Crippen LogP contribution is 2.00. The normalized spacial score (nSPS) is 10.3. The van der Waals surface area contributed by atoms with Gasteiger partial charge in [0.05, 0.1) is 0 Å². The van der Waals surface area contributed by atoms with Crippen LogP contribution in [-0.2, 0) is 0 Å².